The molecule has 1 fully saturated rings. The number of fused-ring (bicyclic) bond motifs is 1. The number of carbonyl (C=O) groups excluding carboxylic acids is 8. The molecule has 2 heterocycles. The van der Waals surface area contributed by atoms with Crippen LogP contribution >= 0.6 is 11.8 Å². The summed E-state index contributed by atoms with van der Waals surface area (Å²) in [7, 11) is 0. The van der Waals surface area contributed by atoms with Crippen molar-refractivity contribution < 1.29 is 53.4 Å². The maximum absolute atomic E-state index is 14.2. The molecule has 0 radical (unpaired) electrons. The van der Waals surface area contributed by atoms with Crippen molar-refractivity contribution in [2.24, 2.45) is 0 Å². The molecule has 1 aliphatic heterocycles. The van der Waals surface area contributed by atoms with E-state index in [0.29, 0.717) is 36.1 Å². The number of aromatic amines is 1. The molecule has 0 saturated carbocycles. The van der Waals surface area contributed by atoms with Gasteiger partial charge in [-0.25, -0.2) is 0 Å². The van der Waals surface area contributed by atoms with Gasteiger partial charge >= 0.3 is 5.97 Å². The predicted molar refractivity (Wildman–Crippen MR) is 257 cm³/mol. The van der Waals surface area contributed by atoms with Crippen molar-refractivity contribution in [2.45, 2.75) is 101 Å². The number of likely N-dealkylation sites (tertiary alicyclic amines) is 1. The summed E-state index contributed by atoms with van der Waals surface area (Å²) in [5.41, 5.74) is 2.90. The van der Waals surface area contributed by atoms with E-state index in [-0.39, 0.29) is 50.8 Å². The summed E-state index contributed by atoms with van der Waals surface area (Å²) in [6.45, 7) is 1.42. The van der Waals surface area contributed by atoms with Crippen molar-refractivity contribution in [2.75, 3.05) is 25.1 Å². The Balaban J connectivity index is 1.29. The molecule has 5 atom stereocenters. The van der Waals surface area contributed by atoms with Gasteiger partial charge in [0.05, 0.1) is 13.0 Å². The molecule has 20 heteroatoms. The number of para-hydroxylation sites is 1. The summed E-state index contributed by atoms with van der Waals surface area (Å²) in [5.74, 6) is -6.63. The van der Waals surface area contributed by atoms with Gasteiger partial charge in [0, 0.05) is 49.3 Å². The van der Waals surface area contributed by atoms with Gasteiger partial charge in [-0.05, 0) is 66.2 Å². The van der Waals surface area contributed by atoms with Gasteiger partial charge in [-0.3, -0.25) is 48.1 Å². The van der Waals surface area contributed by atoms with Gasteiger partial charge < -0.3 is 47.1 Å². The highest BCUT2D eigenvalue weighted by Crippen LogP contribution is 2.22. The number of aliphatic carboxylic acids is 1. The fourth-order valence-electron chi connectivity index (χ4n) is 7.84. The van der Waals surface area contributed by atoms with Crippen LogP contribution in [0.5, 0.6) is 5.75 Å². The summed E-state index contributed by atoms with van der Waals surface area (Å²) >= 11 is 1.39. The Labute approximate surface area is 403 Å². The average molecular weight is 969 g/mol. The number of aromatic nitrogens is 1. The first-order valence-electron chi connectivity index (χ1n) is 22.9. The van der Waals surface area contributed by atoms with Gasteiger partial charge in [0.25, 0.3) is 0 Å². The largest absolute Gasteiger partial charge is 0.508 e. The second kappa shape index (κ2) is 26.4. The molecular weight excluding hydrogens is 909 g/mol. The molecule has 3 aromatic carbocycles. The lowest BCUT2D eigenvalue weighted by molar-refractivity contribution is -0.147. The number of hydrogen-bond acceptors (Lipinski definition) is 11. The van der Waals surface area contributed by atoms with Crippen molar-refractivity contribution in [1.29, 1.82) is 0 Å². The second-order valence-electron chi connectivity index (χ2n) is 16.7. The second-order valence-corrected chi connectivity index (χ2v) is 17.7. The van der Waals surface area contributed by atoms with E-state index < -0.39 is 96.4 Å². The topological polar surface area (TPSA) is 285 Å². The molecule has 0 bridgehead atoms. The SMILES string of the molecule is CCCC[C@H](NC(=O)[C@H](Cc1ccc(O)cc1)N1C(=O)CCC1=O)C(=O)NCC(=O)N[C@H](Cc1c[nH]c2ccccc12)C(=O)N[C@@H](CCSC)C(=O)N[C@@H](CC(=O)O)C(=O)NCCc1ccccc1. The highest BCUT2D eigenvalue weighted by atomic mass is 32.2. The van der Waals surface area contributed by atoms with E-state index in [9.17, 15) is 53.4 Å². The first-order chi connectivity index (χ1) is 33.2. The number of imide groups is 1. The molecule has 0 aliphatic carbocycles. The van der Waals surface area contributed by atoms with Gasteiger partial charge in [0.1, 0.15) is 36.0 Å². The Morgan fingerprint density at radius 1 is 0.696 bits per heavy atom. The van der Waals surface area contributed by atoms with E-state index in [4.69, 9.17) is 0 Å². The quantitative estimate of drug-likeness (QED) is 0.0388. The Morgan fingerprint density at radius 3 is 2.00 bits per heavy atom. The van der Waals surface area contributed by atoms with Crippen LogP contribution in [0.25, 0.3) is 10.9 Å². The van der Waals surface area contributed by atoms with Crippen molar-refractivity contribution >= 4 is 75.9 Å². The first kappa shape index (κ1) is 52.7. The minimum Gasteiger partial charge on any atom is -0.508 e. The highest BCUT2D eigenvalue weighted by Gasteiger charge is 2.40. The van der Waals surface area contributed by atoms with Gasteiger partial charge in [0.2, 0.25) is 47.3 Å². The Bertz CT molecular complexity index is 2430. The molecular formula is C49H60N8O11S. The number of aromatic hydroxyl groups is 1. The summed E-state index contributed by atoms with van der Waals surface area (Å²) in [4.78, 5) is 124. The number of hydrogen-bond donors (Lipinski definition) is 9. The van der Waals surface area contributed by atoms with Crippen LogP contribution in [0.1, 0.15) is 68.6 Å². The van der Waals surface area contributed by atoms with Gasteiger partial charge in [-0.15, -0.1) is 0 Å². The van der Waals surface area contributed by atoms with E-state index in [1.807, 2.05) is 55.5 Å². The maximum Gasteiger partial charge on any atom is 0.305 e. The molecule has 9 N–H and O–H groups in total. The molecule has 5 rings (SSSR count). The molecule has 0 unspecified atom stereocenters. The number of nitrogens with zero attached hydrogens (tertiary/aromatic N) is 1. The van der Waals surface area contributed by atoms with Crippen molar-refractivity contribution in [3.05, 3.63) is 102 Å². The lowest BCUT2D eigenvalue weighted by atomic mass is 10.0. The smallest absolute Gasteiger partial charge is 0.305 e. The standard InChI is InChI=1S/C49H60N8O11S/c1-3-4-13-36(55-49(68)40(57-42(60)19-20-43(57)61)25-31-15-17-33(58)18-16-31)45(64)52-29-41(59)53-38(26-32-28-51-35-14-9-8-12-34(32)35)48(67)54-37(22-24-69-2)47(66)56-39(27-44(62)63)46(65)50-23-21-30-10-6-5-7-11-30/h5-12,14-18,28,36-40,51,58H,3-4,13,19-27,29H2,1-2H3,(H,50,65)(H,52,64)(H,53,59)(H,54,67)(H,55,68)(H,56,66)(H,62,63)/t36-,37-,38+,39-,40-/m0/s1. The molecule has 368 valence electrons. The summed E-state index contributed by atoms with van der Waals surface area (Å²) < 4.78 is 0. The van der Waals surface area contributed by atoms with Crippen molar-refractivity contribution in [3.8, 4) is 5.75 Å². The zero-order chi connectivity index (χ0) is 49.9. The molecule has 8 amide bonds. The maximum atomic E-state index is 14.2. The van der Waals surface area contributed by atoms with Crippen LogP contribution in [0, 0.1) is 0 Å². The molecule has 1 aromatic heterocycles. The number of carboxylic acid groups (broad SMARTS) is 1. The van der Waals surface area contributed by atoms with E-state index in [1.54, 1.807) is 30.7 Å². The Kier molecular flexibility index (Phi) is 20.1. The number of amides is 8. The van der Waals surface area contributed by atoms with Gasteiger partial charge in [-0.2, -0.15) is 11.8 Å². The minimum absolute atomic E-state index is 0.0165. The Morgan fingerprint density at radius 2 is 1.32 bits per heavy atom. The monoisotopic (exact) mass is 968 g/mol. The number of benzene rings is 3. The average Bonchev–Trinajstić information content (AvgIpc) is 3.90. The van der Waals surface area contributed by atoms with Crippen LogP contribution < -0.4 is 31.9 Å². The molecule has 19 nitrogen and oxygen atoms in total. The number of carboxylic acids is 1. The number of rotatable bonds is 27. The molecule has 1 aliphatic rings. The van der Waals surface area contributed by atoms with Crippen molar-refractivity contribution in [3.63, 3.8) is 0 Å². The van der Waals surface area contributed by atoms with E-state index in [1.165, 1.54) is 23.9 Å². The minimum atomic E-state index is -1.47. The predicted octanol–water partition coefficient (Wildman–Crippen LogP) is 2.01. The fourth-order valence-corrected chi connectivity index (χ4v) is 8.31. The number of unbranched alkanes of at least 4 members (excludes halogenated alkanes) is 1. The van der Waals surface area contributed by atoms with Crippen LogP contribution in [-0.2, 0) is 62.4 Å². The molecule has 0 spiro atoms. The van der Waals surface area contributed by atoms with Crippen LogP contribution in [0.3, 0.4) is 0 Å². The molecule has 69 heavy (non-hydrogen) atoms. The van der Waals surface area contributed by atoms with Crippen molar-refractivity contribution in [1.82, 2.24) is 41.8 Å². The van der Waals surface area contributed by atoms with Crippen LogP contribution in [0.15, 0.2) is 85.1 Å². The third kappa shape index (κ3) is 15.9. The number of carbonyl (C=O) groups is 9. The number of thioether (sulfide) groups is 1. The van der Waals surface area contributed by atoms with E-state index in [0.717, 1.165) is 21.4 Å². The van der Waals surface area contributed by atoms with Gasteiger partial charge in [0.15, 0.2) is 0 Å². The lowest BCUT2D eigenvalue weighted by Gasteiger charge is -2.28. The third-order valence-electron chi connectivity index (χ3n) is 11.5. The fraction of sp³-hybridized carbons (Fsp3) is 0.408. The normalized spacial score (nSPS) is 14.5. The van der Waals surface area contributed by atoms with E-state index >= 15 is 0 Å². The van der Waals surface area contributed by atoms with Crippen LogP contribution in [0.4, 0.5) is 0 Å². The number of phenols is 1. The molecule has 1 saturated heterocycles. The van der Waals surface area contributed by atoms with Crippen LogP contribution in [0.2, 0.25) is 0 Å². The Hall–Kier alpha value is -7.22. The highest BCUT2D eigenvalue weighted by molar-refractivity contribution is 7.98. The van der Waals surface area contributed by atoms with Gasteiger partial charge in [-0.1, -0.05) is 80.4 Å². The number of nitrogens with one attached hydrogen (secondary N) is 7. The van der Waals surface area contributed by atoms with Crippen LogP contribution in [-0.4, -0.2) is 129 Å². The number of H-pyrrole nitrogens is 1. The summed E-state index contributed by atoms with van der Waals surface area (Å²) in [6.07, 6.45) is 4.29. The molecule has 4 aromatic rings. The number of phenolic OH excluding ortho intramolecular Hbond substituents is 1. The zero-order valence-corrected chi connectivity index (χ0v) is 39.4. The summed E-state index contributed by atoms with van der Waals surface area (Å²) in [6, 6.07) is 16.0. The third-order valence-corrected chi connectivity index (χ3v) is 12.2. The lowest BCUT2D eigenvalue weighted by Crippen LogP contribution is -2.58. The first-order valence-corrected chi connectivity index (χ1v) is 24.2. The zero-order valence-electron chi connectivity index (χ0n) is 38.6. The van der Waals surface area contributed by atoms with E-state index in [2.05, 4.69) is 36.9 Å². The summed E-state index contributed by atoms with van der Waals surface area (Å²) in [5, 5.41) is 35.9.